The molecule has 1 unspecified atom stereocenters. The molecule has 1 spiro atoms. The van der Waals surface area contributed by atoms with Crippen molar-refractivity contribution < 1.29 is 9.59 Å². The molecule has 0 radical (unpaired) electrons. The summed E-state index contributed by atoms with van der Waals surface area (Å²) < 4.78 is 0. The molecule has 2 heterocycles. The summed E-state index contributed by atoms with van der Waals surface area (Å²) in [5.74, 6) is 0.493. The van der Waals surface area contributed by atoms with Crippen molar-refractivity contribution in [2.75, 3.05) is 0 Å². The van der Waals surface area contributed by atoms with Crippen LogP contribution in [0.5, 0.6) is 0 Å². The van der Waals surface area contributed by atoms with Crippen molar-refractivity contribution in [3.63, 3.8) is 0 Å². The number of nitrogens with zero attached hydrogens (tertiary/aromatic N) is 3. The number of amides is 2. The first kappa shape index (κ1) is 13.0. The van der Waals surface area contributed by atoms with Crippen LogP contribution in [0.2, 0.25) is 0 Å². The standard InChI is InChI=1S/C14H18N4O2/c1-10-12(19)17-14(5-2-3-6-14)13(20)18(10)9-11-15-7-4-8-16-11/h4,7-8,10H,2-3,5-6,9H2,1H3,(H,17,19). The van der Waals surface area contributed by atoms with Crippen LogP contribution in [-0.2, 0) is 16.1 Å². The molecule has 0 aromatic carbocycles. The molecular weight excluding hydrogens is 256 g/mol. The van der Waals surface area contributed by atoms with Gasteiger partial charge < -0.3 is 10.2 Å². The maximum absolute atomic E-state index is 12.8. The summed E-state index contributed by atoms with van der Waals surface area (Å²) in [5, 5.41) is 2.94. The molecule has 1 aromatic heterocycles. The highest BCUT2D eigenvalue weighted by atomic mass is 16.2. The van der Waals surface area contributed by atoms with Crippen molar-refractivity contribution in [2.45, 2.75) is 50.7 Å². The molecular formula is C14H18N4O2. The van der Waals surface area contributed by atoms with Crippen LogP contribution < -0.4 is 5.32 Å². The van der Waals surface area contributed by atoms with E-state index in [0.717, 1.165) is 25.7 Å². The van der Waals surface area contributed by atoms with Crippen LogP contribution in [0.15, 0.2) is 18.5 Å². The molecule has 6 heteroatoms. The second kappa shape index (κ2) is 4.85. The summed E-state index contributed by atoms with van der Waals surface area (Å²) in [6.45, 7) is 2.04. The van der Waals surface area contributed by atoms with Gasteiger partial charge in [-0.25, -0.2) is 9.97 Å². The van der Waals surface area contributed by atoms with Gasteiger partial charge in [0.2, 0.25) is 11.8 Å². The lowest BCUT2D eigenvalue weighted by molar-refractivity contribution is -0.155. The summed E-state index contributed by atoms with van der Waals surface area (Å²) >= 11 is 0. The Morgan fingerprint density at radius 3 is 2.60 bits per heavy atom. The van der Waals surface area contributed by atoms with E-state index in [0.29, 0.717) is 5.82 Å². The minimum atomic E-state index is -0.682. The van der Waals surface area contributed by atoms with E-state index in [1.165, 1.54) is 0 Å². The summed E-state index contributed by atoms with van der Waals surface area (Å²) in [6.07, 6.45) is 6.72. The topological polar surface area (TPSA) is 75.2 Å². The average Bonchev–Trinajstić information content (AvgIpc) is 2.92. The Labute approximate surface area is 117 Å². The molecule has 20 heavy (non-hydrogen) atoms. The van der Waals surface area contributed by atoms with Crippen LogP contribution >= 0.6 is 0 Å². The van der Waals surface area contributed by atoms with Crippen LogP contribution in [0.25, 0.3) is 0 Å². The highest BCUT2D eigenvalue weighted by Gasteiger charge is 2.50. The zero-order valence-corrected chi connectivity index (χ0v) is 11.5. The Morgan fingerprint density at radius 1 is 1.30 bits per heavy atom. The maximum atomic E-state index is 12.8. The molecule has 1 N–H and O–H groups in total. The van der Waals surface area contributed by atoms with Gasteiger partial charge >= 0.3 is 0 Å². The highest BCUT2D eigenvalue weighted by molar-refractivity contribution is 5.99. The fourth-order valence-electron chi connectivity index (χ4n) is 3.08. The fraction of sp³-hybridized carbons (Fsp3) is 0.571. The van der Waals surface area contributed by atoms with E-state index >= 15 is 0 Å². The number of piperazine rings is 1. The quantitative estimate of drug-likeness (QED) is 0.858. The molecule has 1 aliphatic carbocycles. The minimum Gasteiger partial charge on any atom is -0.340 e. The number of hydrogen-bond acceptors (Lipinski definition) is 4. The van der Waals surface area contributed by atoms with Crippen LogP contribution in [-0.4, -0.2) is 38.3 Å². The number of rotatable bonds is 2. The van der Waals surface area contributed by atoms with Gasteiger partial charge in [0.15, 0.2) is 0 Å². The van der Waals surface area contributed by atoms with Gasteiger partial charge in [-0.3, -0.25) is 9.59 Å². The average molecular weight is 274 g/mol. The van der Waals surface area contributed by atoms with Gasteiger partial charge in [-0.05, 0) is 25.8 Å². The Kier molecular flexibility index (Phi) is 3.16. The van der Waals surface area contributed by atoms with Crippen LogP contribution in [0, 0.1) is 0 Å². The molecule has 2 aliphatic rings. The van der Waals surface area contributed by atoms with Crippen molar-refractivity contribution in [1.82, 2.24) is 20.2 Å². The molecule has 2 fully saturated rings. The third kappa shape index (κ3) is 2.05. The Morgan fingerprint density at radius 2 is 1.95 bits per heavy atom. The van der Waals surface area contributed by atoms with E-state index in [2.05, 4.69) is 15.3 Å². The van der Waals surface area contributed by atoms with Gasteiger partial charge in [-0.2, -0.15) is 0 Å². The SMILES string of the molecule is CC1C(=O)NC2(CCCC2)C(=O)N1Cc1ncccn1. The Bertz CT molecular complexity index is 525. The zero-order valence-electron chi connectivity index (χ0n) is 11.5. The lowest BCUT2D eigenvalue weighted by Crippen LogP contribution is -2.68. The van der Waals surface area contributed by atoms with Crippen molar-refractivity contribution in [2.24, 2.45) is 0 Å². The van der Waals surface area contributed by atoms with E-state index in [1.807, 2.05) is 0 Å². The fourth-order valence-corrected chi connectivity index (χ4v) is 3.08. The molecule has 1 saturated heterocycles. The van der Waals surface area contributed by atoms with E-state index in [9.17, 15) is 9.59 Å². The van der Waals surface area contributed by atoms with E-state index < -0.39 is 11.6 Å². The van der Waals surface area contributed by atoms with Gasteiger partial charge in [0.05, 0.1) is 6.54 Å². The van der Waals surface area contributed by atoms with Crippen molar-refractivity contribution in [3.8, 4) is 0 Å². The predicted octanol–water partition coefficient (Wildman–Crippen LogP) is 0.636. The minimum absolute atomic E-state index is 0.00885. The first-order chi connectivity index (χ1) is 9.62. The highest BCUT2D eigenvalue weighted by Crippen LogP contribution is 2.34. The molecule has 2 amide bonds. The van der Waals surface area contributed by atoms with E-state index in [1.54, 1.807) is 30.3 Å². The van der Waals surface area contributed by atoms with Gasteiger partial charge in [-0.1, -0.05) is 12.8 Å². The van der Waals surface area contributed by atoms with Gasteiger partial charge in [0, 0.05) is 12.4 Å². The Hall–Kier alpha value is -1.98. The summed E-state index contributed by atoms with van der Waals surface area (Å²) in [7, 11) is 0. The largest absolute Gasteiger partial charge is 0.340 e. The first-order valence-electron chi connectivity index (χ1n) is 7.01. The number of carbonyl (C=O) groups excluding carboxylic acids is 2. The number of nitrogens with one attached hydrogen (secondary N) is 1. The molecule has 1 aromatic rings. The van der Waals surface area contributed by atoms with Crippen LogP contribution in [0.3, 0.4) is 0 Å². The lowest BCUT2D eigenvalue weighted by Gasteiger charge is -2.43. The molecule has 6 nitrogen and oxygen atoms in total. The third-order valence-corrected chi connectivity index (χ3v) is 4.27. The molecule has 3 rings (SSSR count). The first-order valence-corrected chi connectivity index (χ1v) is 7.01. The smallest absolute Gasteiger partial charge is 0.249 e. The normalized spacial score (nSPS) is 25.1. The van der Waals surface area contributed by atoms with Crippen LogP contribution in [0.1, 0.15) is 38.4 Å². The molecule has 1 saturated carbocycles. The summed E-state index contributed by atoms with van der Waals surface area (Å²) in [6, 6.07) is 1.26. The molecule has 0 bridgehead atoms. The molecule has 1 aliphatic heterocycles. The summed E-state index contributed by atoms with van der Waals surface area (Å²) in [5.41, 5.74) is -0.682. The second-order valence-corrected chi connectivity index (χ2v) is 5.55. The Balaban J connectivity index is 1.87. The lowest BCUT2D eigenvalue weighted by atomic mass is 9.91. The second-order valence-electron chi connectivity index (χ2n) is 5.55. The van der Waals surface area contributed by atoms with Gasteiger partial charge in [-0.15, -0.1) is 0 Å². The predicted molar refractivity (Wildman–Crippen MR) is 71.4 cm³/mol. The monoisotopic (exact) mass is 274 g/mol. The van der Waals surface area contributed by atoms with Crippen molar-refractivity contribution >= 4 is 11.8 Å². The number of aromatic nitrogens is 2. The van der Waals surface area contributed by atoms with Crippen molar-refractivity contribution in [1.29, 1.82) is 0 Å². The van der Waals surface area contributed by atoms with Crippen LogP contribution in [0.4, 0.5) is 0 Å². The molecule has 106 valence electrons. The van der Waals surface area contributed by atoms with Gasteiger partial charge in [0.1, 0.15) is 17.4 Å². The number of hydrogen-bond donors (Lipinski definition) is 1. The zero-order chi connectivity index (χ0) is 14.2. The maximum Gasteiger partial charge on any atom is 0.249 e. The number of carbonyl (C=O) groups is 2. The third-order valence-electron chi connectivity index (χ3n) is 4.27. The molecule has 1 atom stereocenters. The van der Waals surface area contributed by atoms with Gasteiger partial charge in [0.25, 0.3) is 0 Å². The van der Waals surface area contributed by atoms with E-state index in [4.69, 9.17) is 0 Å². The van der Waals surface area contributed by atoms with Crippen molar-refractivity contribution in [3.05, 3.63) is 24.3 Å². The van der Waals surface area contributed by atoms with E-state index in [-0.39, 0.29) is 18.4 Å². The summed E-state index contributed by atoms with van der Waals surface area (Å²) in [4.78, 5) is 34.8.